The summed E-state index contributed by atoms with van der Waals surface area (Å²) in [6, 6.07) is 0. The van der Waals surface area contributed by atoms with Gasteiger partial charge in [-0.25, -0.2) is 0 Å². The summed E-state index contributed by atoms with van der Waals surface area (Å²) in [5.41, 5.74) is 0. The van der Waals surface area contributed by atoms with Crippen molar-refractivity contribution in [3.8, 4) is 0 Å². The van der Waals surface area contributed by atoms with Crippen molar-refractivity contribution in [2.24, 2.45) is 0 Å². The minimum atomic E-state index is 0. The molecule has 0 saturated heterocycles. The minimum absolute atomic E-state index is 0. The largest absolute Gasteiger partial charge is 0 e. The molecule has 0 aromatic carbocycles. The van der Waals surface area contributed by atoms with Gasteiger partial charge >= 0.3 is 0 Å². The Morgan fingerprint density at radius 1 is 0.400 bits per heavy atom. The van der Waals surface area contributed by atoms with Crippen LogP contribution in [0.4, 0.5) is 0 Å². The van der Waals surface area contributed by atoms with E-state index in [1.165, 1.54) is 0 Å². The van der Waals surface area contributed by atoms with Gasteiger partial charge in [0.2, 0.25) is 0 Å². The van der Waals surface area contributed by atoms with Crippen molar-refractivity contribution in [3.63, 3.8) is 0 Å². The summed E-state index contributed by atoms with van der Waals surface area (Å²) in [4.78, 5) is 0. The summed E-state index contributed by atoms with van der Waals surface area (Å²) in [5.74, 6) is 0. The molecule has 0 nitrogen and oxygen atoms in total. The van der Waals surface area contributed by atoms with Crippen LogP contribution in [-0.4, -0.2) is 0 Å². The summed E-state index contributed by atoms with van der Waals surface area (Å²) in [7, 11) is 0. The molecule has 5 heavy (non-hydrogen) atoms. The van der Waals surface area contributed by atoms with Gasteiger partial charge in [-0.3, -0.25) is 0 Å². The molecule has 0 amide bonds. The number of rotatable bonds is 0. The zero-order chi connectivity index (χ0) is 0. The second kappa shape index (κ2) is 30.1. The van der Waals surface area contributed by atoms with E-state index in [9.17, 15) is 0 Å². The number of hydrogen-bond donors (Lipinski definition) is 0. The molecule has 0 rings (SSSR count). The molecule has 0 fully saturated rings. The Kier molecular flexibility index (Phi) is 289. The maximum absolute atomic E-state index is 0. The monoisotopic (exact) mass is 416 g/mol. The maximum Gasteiger partial charge on any atom is 0 e. The van der Waals surface area contributed by atoms with Gasteiger partial charge in [-0.1, -0.05) is 0 Å². The summed E-state index contributed by atoms with van der Waals surface area (Å²) in [6.07, 6.45) is 0. The van der Waals surface area contributed by atoms with Crippen LogP contribution in [0.1, 0.15) is 0 Å². The summed E-state index contributed by atoms with van der Waals surface area (Å²) in [6.45, 7) is 0. The Labute approximate surface area is 85.9 Å². The molecule has 0 N–H and O–H groups in total. The smallest absolute Gasteiger partial charge is 0 e. The van der Waals surface area contributed by atoms with Crippen LogP contribution in [0.25, 0.3) is 0 Å². The van der Waals surface area contributed by atoms with Crippen LogP contribution in [0.5, 0.6) is 0 Å². The third-order valence-electron chi connectivity index (χ3n) is 0. The Bertz CT molecular complexity index is 3.61. The standard InChI is InChI=1S/4Ni.W. The van der Waals surface area contributed by atoms with E-state index >= 15 is 0 Å². The average molecular weight is 419 g/mol. The van der Waals surface area contributed by atoms with Crippen LogP contribution in [0, 0.1) is 0 Å². The first kappa shape index (κ1) is 48.0. The van der Waals surface area contributed by atoms with Crippen LogP contribution < -0.4 is 0 Å². The molecule has 0 aliphatic rings. The normalized spacial score (nSPS) is 0. The molecular formula is Ni4W. The Hall–Kier alpha value is 2.66. The van der Waals surface area contributed by atoms with Crippen LogP contribution >= 0.6 is 0 Å². The quantitative estimate of drug-likeness (QED) is 0.486. The first-order chi connectivity index (χ1) is 0. The molecule has 46 valence electrons. The zero-order valence-electron chi connectivity index (χ0n) is 1.67. The van der Waals surface area contributed by atoms with Crippen molar-refractivity contribution in [2.45, 2.75) is 0 Å². The molecule has 0 atom stereocenters. The molecule has 0 aliphatic carbocycles. The molecule has 0 aromatic rings. The third-order valence-corrected chi connectivity index (χ3v) is 0. The predicted molar refractivity (Wildman–Crippen MR) is 0 cm³/mol. The first-order valence-electron chi connectivity index (χ1n) is 0. The van der Waals surface area contributed by atoms with E-state index in [1.807, 2.05) is 0 Å². The van der Waals surface area contributed by atoms with Gasteiger partial charge in [0.05, 0.1) is 0 Å². The van der Waals surface area contributed by atoms with E-state index in [1.54, 1.807) is 0 Å². The fourth-order valence-corrected chi connectivity index (χ4v) is 0. The molecule has 0 heterocycles. The molecule has 0 aromatic heterocycles. The van der Waals surface area contributed by atoms with Crippen molar-refractivity contribution >= 4 is 0 Å². The summed E-state index contributed by atoms with van der Waals surface area (Å²) in [5, 5.41) is 0. The molecule has 0 spiro atoms. The van der Waals surface area contributed by atoms with Gasteiger partial charge < -0.3 is 0 Å². The molecule has 0 radical (unpaired) electrons. The molecule has 0 aliphatic heterocycles. The van der Waals surface area contributed by atoms with E-state index in [2.05, 4.69) is 0 Å². The van der Waals surface area contributed by atoms with Gasteiger partial charge in [-0.05, 0) is 0 Å². The molecule has 0 saturated carbocycles. The van der Waals surface area contributed by atoms with Gasteiger partial charge in [-0.2, -0.15) is 0 Å². The fraction of sp³-hybridized carbons (Fsp3) is 0. The fourth-order valence-electron chi connectivity index (χ4n) is 0. The zero-order valence-corrected chi connectivity index (χ0v) is 8.56. The van der Waals surface area contributed by atoms with E-state index < -0.39 is 0 Å². The number of hydrogen-bond acceptors (Lipinski definition) is 0. The Morgan fingerprint density at radius 3 is 0.400 bits per heavy atom. The van der Waals surface area contributed by atoms with E-state index in [0.29, 0.717) is 0 Å². The SMILES string of the molecule is [Ni].[Ni].[Ni].[Ni].[W]. The van der Waals surface area contributed by atoms with Crippen molar-refractivity contribution in [2.75, 3.05) is 0 Å². The van der Waals surface area contributed by atoms with Crippen molar-refractivity contribution in [1.29, 1.82) is 0 Å². The van der Waals surface area contributed by atoms with Crippen LogP contribution in [0.2, 0.25) is 0 Å². The maximum atomic E-state index is 0. The van der Waals surface area contributed by atoms with Crippen LogP contribution in [0.3, 0.4) is 0 Å². The van der Waals surface area contributed by atoms with Gasteiger partial charge in [0.15, 0.2) is 0 Å². The summed E-state index contributed by atoms with van der Waals surface area (Å²) < 4.78 is 0. The third kappa shape index (κ3) is 20.4. The average Bonchev–Trinajstić information content (AvgIpc) is 0. The van der Waals surface area contributed by atoms with Crippen LogP contribution in [0.15, 0.2) is 0 Å². The van der Waals surface area contributed by atoms with E-state index in [4.69, 9.17) is 0 Å². The van der Waals surface area contributed by atoms with Crippen LogP contribution in [-0.2, 0) is 87.0 Å². The molecule has 5 heteroatoms. The van der Waals surface area contributed by atoms with Gasteiger partial charge in [0.25, 0.3) is 0 Å². The molecule has 0 unspecified atom stereocenters. The summed E-state index contributed by atoms with van der Waals surface area (Å²) >= 11 is 0. The molecule has 0 bridgehead atoms. The van der Waals surface area contributed by atoms with Gasteiger partial charge in [0, 0.05) is 87.0 Å². The van der Waals surface area contributed by atoms with E-state index in [-0.39, 0.29) is 87.0 Å². The van der Waals surface area contributed by atoms with Gasteiger partial charge in [-0.15, -0.1) is 0 Å². The Morgan fingerprint density at radius 2 is 0.400 bits per heavy atom. The second-order valence-corrected chi connectivity index (χ2v) is 0. The van der Waals surface area contributed by atoms with Crippen molar-refractivity contribution < 1.29 is 87.0 Å². The Balaban J connectivity index is 0. The topological polar surface area (TPSA) is 0 Å². The first-order valence-corrected chi connectivity index (χ1v) is 0. The minimum Gasteiger partial charge on any atom is 0 e. The van der Waals surface area contributed by atoms with E-state index in [0.717, 1.165) is 0 Å². The second-order valence-electron chi connectivity index (χ2n) is 0. The molecular weight excluding hydrogens is 419 g/mol. The van der Waals surface area contributed by atoms with Crippen molar-refractivity contribution in [1.82, 2.24) is 0 Å². The van der Waals surface area contributed by atoms with Crippen molar-refractivity contribution in [3.05, 3.63) is 0 Å². The predicted octanol–water partition coefficient (Wildman–Crippen LogP) is -0.0125. The van der Waals surface area contributed by atoms with Gasteiger partial charge in [0.1, 0.15) is 0 Å².